The highest BCUT2D eigenvalue weighted by molar-refractivity contribution is 8.13. The minimum absolute atomic E-state index is 0.210. The van der Waals surface area contributed by atoms with Crippen LogP contribution in [0.1, 0.15) is 13.8 Å². The fourth-order valence-electron chi connectivity index (χ4n) is 0.728. The Kier molecular flexibility index (Phi) is 3.20. The van der Waals surface area contributed by atoms with Gasteiger partial charge in [0.05, 0.1) is 6.04 Å². The van der Waals surface area contributed by atoms with E-state index < -0.39 is 0 Å². The summed E-state index contributed by atoms with van der Waals surface area (Å²) in [6.07, 6.45) is 0. The van der Waals surface area contributed by atoms with Gasteiger partial charge in [-0.2, -0.15) is 0 Å². The van der Waals surface area contributed by atoms with Crippen LogP contribution in [-0.2, 0) is 4.74 Å². The molecule has 2 N–H and O–H groups in total. The van der Waals surface area contributed by atoms with E-state index in [1.807, 2.05) is 13.8 Å². The van der Waals surface area contributed by atoms with E-state index in [9.17, 15) is 0 Å². The van der Waals surface area contributed by atoms with Gasteiger partial charge in [-0.05, 0) is 13.8 Å². The number of aliphatic imine (C=N–C) groups is 1. The van der Waals surface area contributed by atoms with Gasteiger partial charge in [0.15, 0.2) is 0 Å². The maximum atomic E-state index is 5.57. The van der Waals surface area contributed by atoms with E-state index in [4.69, 9.17) is 10.5 Å². The first-order valence-corrected chi connectivity index (χ1v) is 4.76. The summed E-state index contributed by atoms with van der Waals surface area (Å²) in [6, 6.07) is 0.535. The van der Waals surface area contributed by atoms with Gasteiger partial charge in [0.2, 0.25) is 5.23 Å². The third kappa shape index (κ3) is 3.12. The zero-order valence-corrected chi connectivity index (χ0v) is 7.73. The Labute approximate surface area is 71.4 Å². The van der Waals surface area contributed by atoms with E-state index in [1.165, 1.54) is 0 Å². The molecule has 0 aliphatic carbocycles. The molecular formula is C7H14N2OS. The molecule has 0 amide bonds. The molecule has 0 aromatic carbocycles. The van der Waals surface area contributed by atoms with Gasteiger partial charge in [-0.1, -0.05) is 11.8 Å². The summed E-state index contributed by atoms with van der Waals surface area (Å²) in [5.74, 6) is 0.881. The van der Waals surface area contributed by atoms with Gasteiger partial charge in [0.1, 0.15) is 6.61 Å². The van der Waals surface area contributed by atoms with Crippen molar-refractivity contribution in [3.8, 4) is 0 Å². The Morgan fingerprint density at radius 1 is 1.91 bits per heavy atom. The minimum Gasteiger partial charge on any atom is -0.471 e. The summed E-state index contributed by atoms with van der Waals surface area (Å²) >= 11 is 1.60. The molecule has 2 atom stereocenters. The Morgan fingerprint density at radius 2 is 2.64 bits per heavy atom. The summed E-state index contributed by atoms with van der Waals surface area (Å²) in [4.78, 5) is 4.26. The molecule has 1 aliphatic rings. The lowest BCUT2D eigenvalue weighted by Gasteiger charge is -2.02. The SMILES string of the molecule is CC(N)CSC1=NC(C)CO1. The third-order valence-corrected chi connectivity index (χ3v) is 2.41. The van der Waals surface area contributed by atoms with Crippen molar-refractivity contribution in [2.45, 2.75) is 25.9 Å². The summed E-state index contributed by atoms with van der Waals surface area (Å²) in [5.41, 5.74) is 5.57. The van der Waals surface area contributed by atoms with Crippen molar-refractivity contribution in [3.63, 3.8) is 0 Å². The second-order valence-electron chi connectivity index (χ2n) is 2.84. The van der Waals surface area contributed by atoms with Gasteiger partial charge in [-0.25, -0.2) is 4.99 Å². The maximum Gasteiger partial charge on any atom is 0.246 e. The van der Waals surface area contributed by atoms with Gasteiger partial charge in [0, 0.05) is 11.8 Å². The highest BCUT2D eigenvalue weighted by Gasteiger charge is 2.14. The number of ether oxygens (including phenoxy) is 1. The number of nitrogens with zero attached hydrogens (tertiary/aromatic N) is 1. The molecule has 0 saturated carbocycles. The number of nitrogens with two attached hydrogens (primary N) is 1. The first kappa shape index (κ1) is 8.87. The smallest absolute Gasteiger partial charge is 0.246 e. The number of thioether (sulfide) groups is 1. The third-order valence-electron chi connectivity index (χ3n) is 1.24. The van der Waals surface area contributed by atoms with Crippen LogP contribution in [0.5, 0.6) is 0 Å². The summed E-state index contributed by atoms with van der Waals surface area (Å²) in [5, 5.41) is 0.801. The molecule has 3 nitrogen and oxygen atoms in total. The van der Waals surface area contributed by atoms with Crippen LogP contribution < -0.4 is 5.73 Å². The lowest BCUT2D eigenvalue weighted by Crippen LogP contribution is -2.18. The Morgan fingerprint density at radius 3 is 3.09 bits per heavy atom. The highest BCUT2D eigenvalue weighted by Crippen LogP contribution is 2.14. The quantitative estimate of drug-likeness (QED) is 0.675. The van der Waals surface area contributed by atoms with Gasteiger partial charge in [-0.15, -0.1) is 0 Å². The fourth-order valence-corrected chi connectivity index (χ4v) is 1.54. The van der Waals surface area contributed by atoms with Crippen molar-refractivity contribution < 1.29 is 4.74 Å². The Balaban J connectivity index is 2.22. The van der Waals surface area contributed by atoms with Crippen molar-refractivity contribution in [3.05, 3.63) is 0 Å². The topological polar surface area (TPSA) is 47.6 Å². The van der Waals surface area contributed by atoms with E-state index in [1.54, 1.807) is 11.8 Å². The average Bonchev–Trinajstić information content (AvgIpc) is 2.31. The maximum absolute atomic E-state index is 5.57. The van der Waals surface area contributed by atoms with Gasteiger partial charge in [-0.3, -0.25) is 0 Å². The molecule has 1 aliphatic heterocycles. The van der Waals surface area contributed by atoms with Crippen molar-refractivity contribution >= 4 is 17.0 Å². The van der Waals surface area contributed by atoms with E-state index in [-0.39, 0.29) is 6.04 Å². The van der Waals surface area contributed by atoms with Crippen LogP contribution >= 0.6 is 11.8 Å². The molecule has 0 fully saturated rings. The van der Waals surface area contributed by atoms with Crippen LogP contribution in [0.3, 0.4) is 0 Å². The molecule has 0 bridgehead atoms. The van der Waals surface area contributed by atoms with E-state index in [0.29, 0.717) is 6.04 Å². The monoisotopic (exact) mass is 174 g/mol. The molecule has 4 heteroatoms. The van der Waals surface area contributed by atoms with Gasteiger partial charge >= 0.3 is 0 Å². The van der Waals surface area contributed by atoms with Crippen LogP contribution in [0.4, 0.5) is 0 Å². The second kappa shape index (κ2) is 3.97. The molecule has 0 aromatic heterocycles. The van der Waals surface area contributed by atoms with E-state index >= 15 is 0 Å². The number of hydrogen-bond donors (Lipinski definition) is 1. The minimum atomic E-state index is 0.210. The first-order chi connectivity index (χ1) is 5.18. The van der Waals surface area contributed by atoms with Crippen LogP contribution in [0.2, 0.25) is 0 Å². The van der Waals surface area contributed by atoms with Crippen LogP contribution in [0.25, 0.3) is 0 Å². The Hall–Kier alpha value is -0.220. The molecule has 0 spiro atoms. The summed E-state index contributed by atoms with van der Waals surface area (Å²) in [7, 11) is 0. The molecule has 64 valence electrons. The van der Waals surface area contributed by atoms with Crippen LogP contribution in [0.15, 0.2) is 4.99 Å². The first-order valence-electron chi connectivity index (χ1n) is 3.77. The predicted molar refractivity (Wildman–Crippen MR) is 49.0 cm³/mol. The Bertz CT molecular complexity index is 159. The molecular weight excluding hydrogens is 160 g/mol. The van der Waals surface area contributed by atoms with Crippen molar-refractivity contribution in [1.82, 2.24) is 0 Å². The van der Waals surface area contributed by atoms with Crippen LogP contribution in [-0.4, -0.2) is 29.7 Å². The standard InChI is InChI=1S/C7H14N2OS/c1-5(8)4-11-7-9-6(2)3-10-7/h5-6H,3-4,8H2,1-2H3. The van der Waals surface area contributed by atoms with E-state index in [0.717, 1.165) is 17.6 Å². The molecule has 1 heterocycles. The summed E-state index contributed by atoms with van der Waals surface area (Å²) in [6.45, 7) is 4.74. The number of rotatable bonds is 2. The molecule has 11 heavy (non-hydrogen) atoms. The predicted octanol–water partition coefficient (Wildman–Crippen LogP) is 0.842. The molecule has 0 radical (unpaired) electrons. The fraction of sp³-hybridized carbons (Fsp3) is 0.857. The average molecular weight is 174 g/mol. The van der Waals surface area contributed by atoms with Gasteiger partial charge in [0.25, 0.3) is 0 Å². The lowest BCUT2D eigenvalue weighted by atomic mass is 10.4. The normalized spacial score (nSPS) is 26.1. The van der Waals surface area contributed by atoms with Crippen molar-refractivity contribution in [2.75, 3.05) is 12.4 Å². The second-order valence-corrected chi connectivity index (χ2v) is 3.81. The molecule has 0 aromatic rings. The van der Waals surface area contributed by atoms with Crippen molar-refractivity contribution in [2.24, 2.45) is 10.7 Å². The van der Waals surface area contributed by atoms with Crippen molar-refractivity contribution in [1.29, 1.82) is 0 Å². The molecule has 1 rings (SSSR count). The summed E-state index contributed by atoms with van der Waals surface area (Å²) < 4.78 is 5.27. The van der Waals surface area contributed by atoms with E-state index in [2.05, 4.69) is 4.99 Å². The van der Waals surface area contributed by atoms with Crippen LogP contribution in [0, 0.1) is 0 Å². The zero-order chi connectivity index (χ0) is 8.27. The lowest BCUT2D eigenvalue weighted by molar-refractivity contribution is 0.331. The van der Waals surface area contributed by atoms with Gasteiger partial charge < -0.3 is 10.5 Å². The molecule has 2 unspecified atom stereocenters. The molecule has 0 saturated heterocycles. The highest BCUT2D eigenvalue weighted by atomic mass is 32.2. The largest absolute Gasteiger partial charge is 0.471 e. The zero-order valence-electron chi connectivity index (χ0n) is 6.91. The number of hydrogen-bond acceptors (Lipinski definition) is 4.